The highest BCUT2D eigenvalue weighted by Crippen LogP contribution is 2.22. The van der Waals surface area contributed by atoms with Crippen LogP contribution in [0.25, 0.3) is 11.5 Å². The van der Waals surface area contributed by atoms with Crippen molar-refractivity contribution in [1.82, 2.24) is 14.7 Å². The summed E-state index contributed by atoms with van der Waals surface area (Å²) in [4.78, 5) is 4.07. The van der Waals surface area contributed by atoms with E-state index in [1.165, 1.54) is 6.20 Å². The summed E-state index contributed by atoms with van der Waals surface area (Å²) < 4.78 is 6.73. The standard InChI is InChI=1S/C7H8N4O/c1-11-3-6(9-4-11)7-5(8)2-10-12-7/h2-4H,8H2,1H3. The predicted octanol–water partition coefficient (Wildman–Crippen LogP) is 0.657. The van der Waals surface area contributed by atoms with Gasteiger partial charge in [0, 0.05) is 13.2 Å². The number of nitrogens with two attached hydrogens (primary N) is 1. The van der Waals surface area contributed by atoms with E-state index in [1.807, 2.05) is 17.8 Å². The van der Waals surface area contributed by atoms with Crippen LogP contribution in [0.15, 0.2) is 23.2 Å². The monoisotopic (exact) mass is 164 g/mol. The second kappa shape index (κ2) is 2.37. The molecule has 0 amide bonds. The minimum atomic E-state index is 0.508. The number of anilines is 1. The van der Waals surface area contributed by atoms with Crippen molar-refractivity contribution in [3.8, 4) is 11.5 Å². The quantitative estimate of drug-likeness (QED) is 0.672. The number of hydrogen-bond acceptors (Lipinski definition) is 4. The molecule has 5 nitrogen and oxygen atoms in total. The second-order valence-electron chi connectivity index (χ2n) is 2.53. The Morgan fingerprint density at radius 3 is 2.92 bits per heavy atom. The van der Waals surface area contributed by atoms with Gasteiger partial charge in [0.05, 0.1) is 12.5 Å². The maximum Gasteiger partial charge on any atom is 0.209 e. The minimum absolute atomic E-state index is 0.508. The van der Waals surface area contributed by atoms with Crippen LogP contribution in [0.3, 0.4) is 0 Å². The number of hydrogen-bond donors (Lipinski definition) is 1. The van der Waals surface area contributed by atoms with Crippen LogP contribution >= 0.6 is 0 Å². The molecule has 0 aliphatic rings. The van der Waals surface area contributed by atoms with Crippen LogP contribution < -0.4 is 5.73 Å². The van der Waals surface area contributed by atoms with Gasteiger partial charge in [-0.05, 0) is 0 Å². The van der Waals surface area contributed by atoms with Crippen molar-refractivity contribution in [2.45, 2.75) is 0 Å². The Morgan fingerprint density at radius 2 is 2.42 bits per heavy atom. The number of imidazole rings is 1. The number of nitrogen functional groups attached to an aromatic ring is 1. The largest absolute Gasteiger partial charge is 0.394 e. The summed E-state index contributed by atoms with van der Waals surface area (Å²) >= 11 is 0. The van der Waals surface area contributed by atoms with E-state index < -0.39 is 0 Å². The Bertz CT molecular complexity index is 390. The Balaban J connectivity index is 2.50. The van der Waals surface area contributed by atoms with E-state index in [0.717, 1.165) is 0 Å². The number of aryl methyl sites for hydroxylation is 1. The average Bonchev–Trinajstić information content (AvgIpc) is 2.58. The molecule has 0 saturated carbocycles. The molecule has 0 saturated heterocycles. The van der Waals surface area contributed by atoms with Gasteiger partial charge < -0.3 is 14.8 Å². The normalized spacial score (nSPS) is 10.4. The van der Waals surface area contributed by atoms with Gasteiger partial charge in [-0.2, -0.15) is 0 Å². The molecule has 2 rings (SSSR count). The average molecular weight is 164 g/mol. The Hall–Kier alpha value is -1.78. The first-order valence-corrected chi connectivity index (χ1v) is 3.46. The molecule has 0 aliphatic heterocycles. The van der Waals surface area contributed by atoms with Gasteiger partial charge in [-0.15, -0.1) is 0 Å². The van der Waals surface area contributed by atoms with Crippen LogP contribution in [0.4, 0.5) is 5.69 Å². The molecule has 0 aliphatic carbocycles. The third kappa shape index (κ3) is 0.952. The van der Waals surface area contributed by atoms with Crippen LogP contribution in [-0.2, 0) is 7.05 Å². The first kappa shape index (κ1) is 6.90. The number of rotatable bonds is 1. The Morgan fingerprint density at radius 1 is 1.58 bits per heavy atom. The molecule has 0 atom stereocenters. The summed E-state index contributed by atoms with van der Waals surface area (Å²) in [6.45, 7) is 0. The molecule has 0 fully saturated rings. The van der Waals surface area contributed by atoms with E-state index in [0.29, 0.717) is 17.1 Å². The Labute approximate surface area is 68.8 Å². The fraction of sp³-hybridized carbons (Fsp3) is 0.143. The molecular weight excluding hydrogens is 156 g/mol. The molecule has 0 unspecified atom stereocenters. The summed E-state index contributed by atoms with van der Waals surface area (Å²) in [5.41, 5.74) is 6.79. The van der Waals surface area contributed by atoms with E-state index in [2.05, 4.69) is 10.1 Å². The summed E-state index contributed by atoms with van der Waals surface area (Å²) in [5, 5.41) is 3.56. The minimum Gasteiger partial charge on any atom is -0.394 e. The van der Waals surface area contributed by atoms with Crippen LogP contribution in [0.1, 0.15) is 0 Å². The lowest BCUT2D eigenvalue weighted by molar-refractivity contribution is 0.431. The zero-order chi connectivity index (χ0) is 8.55. The molecule has 0 bridgehead atoms. The summed E-state index contributed by atoms with van der Waals surface area (Å²) in [6.07, 6.45) is 4.96. The molecule has 0 aromatic carbocycles. The SMILES string of the molecule is Cn1cnc(-c2oncc2N)c1. The molecule has 5 heteroatoms. The van der Waals surface area contributed by atoms with E-state index in [4.69, 9.17) is 10.3 Å². The molecule has 2 aromatic rings. The first-order chi connectivity index (χ1) is 5.77. The highest BCUT2D eigenvalue weighted by molar-refractivity contribution is 5.65. The molecular formula is C7H8N4O. The van der Waals surface area contributed by atoms with Gasteiger partial charge in [0.15, 0.2) is 0 Å². The van der Waals surface area contributed by atoms with E-state index in [1.54, 1.807) is 6.33 Å². The zero-order valence-corrected chi connectivity index (χ0v) is 6.56. The molecule has 0 radical (unpaired) electrons. The van der Waals surface area contributed by atoms with Gasteiger partial charge in [0.1, 0.15) is 11.4 Å². The van der Waals surface area contributed by atoms with Crippen LogP contribution in [-0.4, -0.2) is 14.7 Å². The third-order valence-corrected chi connectivity index (χ3v) is 1.54. The van der Waals surface area contributed by atoms with Crippen molar-refractivity contribution < 1.29 is 4.52 Å². The lowest BCUT2D eigenvalue weighted by atomic mass is 10.3. The van der Waals surface area contributed by atoms with Crippen molar-refractivity contribution in [1.29, 1.82) is 0 Å². The van der Waals surface area contributed by atoms with Crippen LogP contribution in [0, 0.1) is 0 Å². The maximum absolute atomic E-state index is 5.58. The van der Waals surface area contributed by atoms with Crippen molar-refractivity contribution in [2.75, 3.05) is 5.73 Å². The molecule has 0 spiro atoms. The van der Waals surface area contributed by atoms with Gasteiger partial charge in [-0.25, -0.2) is 4.98 Å². The molecule has 12 heavy (non-hydrogen) atoms. The van der Waals surface area contributed by atoms with E-state index >= 15 is 0 Å². The third-order valence-electron chi connectivity index (χ3n) is 1.54. The van der Waals surface area contributed by atoms with Crippen LogP contribution in [0.5, 0.6) is 0 Å². The van der Waals surface area contributed by atoms with Gasteiger partial charge >= 0.3 is 0 Å². The second-order valence-corrected chi connectivity index (χ2v) is 2.53. The number of nitrogens with zero attached hydrogens (tertiary/aromatic N) is 3. The lowest BCUT2D eigenvalue weighted by Crippen LogP contribution is -1.84. The predicted molar refractivity (Wildman–Crippen MR) is 43.1 cm³/mol. The molecule has 2 aromatic heterocycles. The molecule has 2 N–H and O–H groups in total. The van der Waals surface area contributed by atoms with Crippen molar-refractivity contribution >= 4 is 5.69 Å². The van der Waals surface area contributed by atoms with Gasteiger partial charge in [-0.1, -0.05) is 5.16 Å². The van der Waals surface area contributed by atoms with E-state index in [-0.39, 0.29) is 0 Å². The van der Waals surface area contributed by atoms with Crippen molar-refractivity contribution in [3.05, 3.63) is 18.7 Å². The zero-order valence-electron chi connectivity index (χ0n) is 6.56. The smallest absolute Gasteiger partial charge is 0.209 e. The van der Waals surface area contributed by atoms with Crippen molar-refractivity contribution in [2.24, 2.45) is 7.05 Å². The van der Waals surface area contributed by atoms with Gasteiger partial charge in [0.2, 0.25) is 5.76 Å². The summed E-state index contributed by atoms with van der Waals surface area (Å²) in [6, 6.07) is 0. The lowest BCUT2D eigenvalue weighted by Gasteiger charge is -1.88. The fourth-order valence-corrected chi connectivity index (χ4v) is 0.972. The Kier molecular flexibility index (Phi) is 1.36. The summed E-state index contributed by atoms with van der Waals surface area (Å²) in [7, 11) is 1.88. The molecule has 62 valence electrons. The highest BCUT2D eigenvalue weighted by Gasteiger charge is 2.09. The van der Waals surface area contributed by atoms with E-state index in [9.17, 15) is 0 Å². The number of aromatic nitrogens is 3. The maximum atomic E-state index is 5.58. The highest BCUT2D eigenvalue weighted by atomic mass is 16.5. The molecule has 2 heterocycles. The first-order valence-electron chi connectivity index (χ1n) is 3.46. The fourth-order valence-electron chi connectivity index (χ4n) is 0.972. The van der Waals surface area contributed by atoms with Gasteiger partial charge in [-0.3, -0.25) is 0 Å². The topological polar surface area (TPSA) is 69.9 Å². The van der Waals surface area contributed by atoms with Crippen molar-refractivity contribution in [3.63, 3.8) is 0 Å². The van der Waals surface area contributed by atoms with Crippen LogP contribution in [0.2, 0.25) is 0 Å². The van der Waals surface area contributed by atoms with Gasteiger partial charge in [0.25, 0.3) is 0 Å². The summed E-state index contributed by atoms with van der Waals surface area (Å²) in [5.74, 6) is 0.524.